The van der Waals surface area contributed by atoms with E-state index in [-0.39, 0.29) is 0 Å². The van der Waals surface area contributed by atoms with Gasteiger partial charge in [0.2, 0.25) is 0 Å². The SMILES string of the molecule is C1=NCCCCCOCCCCN=1. The zero-order valence-corrected chi connectivity index (χ0v) is 8.17. The van der Waals surface area contributed by atoms with Crippen LogP contribution in [-0.2, 0) is 4.74 Å². The lowest BCUT2D eigenvalue weighted by atomic mass is 10.2. The summed E-state index contributed by atoms with van der Waals surface area (Å²) in [5, 5.41) is 0. The van der Waals surface area contributed by atoms with E-state index in [4.69, 9.17) is 4.74 Å². The van der Waals surface area contributed by atoms with E-state index >= 15 is 0 Å². The van der Waals surface area contributed by atoms with Gasteiger partial charge in [0.1, 0.15) is 0 Å². The van der Waals surface area contributed by atoms with Crippen molar-refractivity contribution in [2.24, 2.45) is 9.98 Å². The lowest BCUT2D eigenvalue weighted by Crippen LogP contribution is -1.97. The Morgan fingerprint density at radius 2 is 1.38 bits per heavy atom. The molecule has 0 bridgehead atoms. The van der Waals surface area contributed by atoms with E-state index < -0.39 is 0 Å². The first kappa shape index (κ1) is 10.4. The summed E-state index contributed by atoms with van der Waals surface area (Å²) in [6.07, 6.45) is 5.68. The van der Waals surface area contributed by atoms with Crippen LogP contribution in [0.1, 0.15) is 32.1 Å². The molecule has 0 spiro atoms. The molecule has 0 saturated carbocycles. The van der Waals surface area contributed by atoms with Crippen LogP contribution in [0.5, 0.6) is 0 Å². The molecule has 0 atom stereocenters. The van der Waals surface area contributed by atoms with Crippen LogP contribution in [0.3, 0.4) is 0 Å². The molecule has 3 heteroatoms. The average molecular weight is 182 g/mol. The highest BCUT2D eigenvalue weighted by molar-refractivity contribution is 5.40. The molecule has 0 unspecified atom stereocenters. The molecule has 1 heterocycles. The molecule has 0 radical (unpaired) electrons. The van der Waals surface area contributed by atoms with Crippen molar-refractivity contribution in [3.8, 4) is 0 Å². The summed E-state index contributed by atoms with van der Waals surface area (Å²) in [4.78, 5) is 8.14. The van der Waals surface area contributed by atoms with Gasteiger partial charge in [0.15, 0.2) is 0 Å². The molecule has 0 fully saturated rings. The van der Waals surface area contributed by atoms with Crippen LogP contribution in [0.25, 0.3) is 0 Å². The van der Waals surface area contributed by atoms with Crippen LogP contribution >= 0.6 is 0 Å². The highest BCUT2D eigenvalue weighted by atomic mass is 16.5. The molecule has 1 aliphatic rings. The summed E-state index contributed by atoms with van der Waals surface area (Å²) in [6, 6.07) is 2.73. The van der Waals surface area contributed by atoms with Crippen molar-refractivity contribution in [3.05, 3.63) is 0 Å². The zero-order chi connectivity index (χ0) is 9.19. The Morgan fingerprint density at radius 1 is 0.769 bits per heavy atom. The minimum Gasteiger partial charge on any atom is -0.381 e. The molecule has 0 aromatic carbocycles. The highest BCUT2D eigenvalue weighted by Crippen LogP contribution is 1.98. The van der Waals surface area contributed by atoms with Gasteiger partial charge in [-0.15, -0.1) is 0 Å². The van der Waals surface area contributed by atoms with Crippen molar-refractivity contribution in [1.82, 2.24) is 0 Å². The van der Waals surface area contributed by atoms with Crippen LogP contribution in [0, 0.1) is 0 Å². The molecular weight excluding hydrogens is 164 g/mol. The largest absolute Gasteiger partial charge is 0.381 e. The van der Waals surface area contributed by atoms with Crippen molar-refractivity contribution >= 4 is 6.01 Å². The van der Waals surface area contributed by atoms with Gasteiger partial charge in [0.05, 0.1) is 6.01 Å². The first-order valence-electron chi connectivity index (χ1n) is 5.16. The van der Waals surface area contributed by atoms with Gasteiger partial charge in [0.25, 0.3) is 0 Å². The first-order valence-corrected chi connectivity index (χ1v) is 5.16. The Morgan fingerprint density at radius 3 is 2.15 bits per heavy atom. The predicted octanol–water partition coefficient (Wildman–Crippen LogP) is 2.14. The molecule has 0 aromatic rings. The Kier molecular flexibility index (Phi) is 6.38. The molecule has 0 saturated heterocycles. The number of hydrogen-bond acceptors (Lipinski definition) is 3. The van der Waals surface area contributed by atoms with Crippen molar-refractivity contribution in [1.29, 1.82) is 0 Å². The van der Waals surface area contributed by atoms with Crippen LogP contribution in [0.4, 0.5) is 0 Å². The van der Waals surface area contributed by atoms with Gasteiger partial charge in [-0.05, 0) is 32.1 Å². The average Bonchev–Trinajstić information content (AvgIpc) is 2.18. The van der Waals surface area contributed by atoms with Gasteiger partial charge in [-0.25, -0.2) is 9.98 Å². The van der Waals surface area contributed by atoms with E-state index in [2.05, 4.69) is 16.0 Å². The second-order valence-corrected chi connectivity index (χ2v) is 3.24. The summed E-state index contributed by atoms with van der Waals surface area (Å²) in [7, 11) is 0. The van der Waals surface area contributed by atoms with Gasteiger partial charge in [-0.1, -0.05) is 0 Å². The third-order valence-electron chi connectivity index (χ3n) is 2.01. The van der Waals surface area contributed by atoms with E-state index in [0.29, 0.717) is 0 Å². The van der Waals surface area contributed by atoms with Gasteiger partial charge in [-0.2, -0.15) is 0 Å². The van der Waals surface area contributed by atoms with E-state index in [0.717, 1.165) is 52.0 Å². The summed E-state index contributed by atoms with van der Waals surface area (Å²) in [5.41, 5.74) is 0. The zero-order valence-electron chi connectivity index (χ0n) is 8.17. The normalized spacial score (nSPS) is 21.5. The third-order valence-corrected chi connectivity index (χ3v) is 2.01. The standard InChI is InChI=1S/C10H18N2O/c1-2-6-11-10-12-7-3-5-9-13-8-4-1/h1-9H2. The van der Waals surface area contributed by atoms with Crippen molar-refractivity contribution in [2.75, 3.05) is 26.3 Å². The number of hydrogen-bond donors (Lipinski definition) is 0. The number of nitrogens with zero attached hydrogens (tertiary/aromatic N) is 2. The molecule has 1 aliphatic heterocycles. The van der Waals surface area contributed by atoms with Gasteiger partial charge < -0.3 is 4.74 Å². The van der Waals surface area contributed by atoms with E-state index in [9.17, 15) is 0 Å². The second-order valence-electron chi connectivity index (χ2n) is 3.24. The fourth-order valence-electron chi connectivity index (χ4n) is 1.22. The van der Waals surface area contributed by atoms with Crippen molar-refractivity contribution in [3.63, 3.8) is 0 Å². The minimum atomic E-state index is 0.840. The van der Waals surface area contributed by atoms with Crippen LogP contribution < -0.4 is 0 Å². The first-order chi connectivity index (χ1) is 6.50. The van der Waals surface area contributed by atoms with Crippen LogP contribution in [0.15, 0.2) is 9.98 Å². The Hall–Kier alpha value is -0.660. The van der Waals surface area contributed by atoms with Gasteiger partial charge in [-0.3, -0.25) is 0 Å². The smallest absolute Gasteiger partial charge is 0.0892 e. The summed E-state index contributed by atoms with van der Waals surface area (Å²) in [6.45, 7) is 3.49. The Labute approximate surface area is 79.9 Å². The van der Waals surface area contributed by atoms with E-state index in [1.807, 2.05) is 0 Å². The fourth-order valence-corrected chi connectivity index (χ4v) is 1.22. The van der Waals surface area contributed by atoms with Crippen molar-refractivity contribution < 1.29 is 4.74 Å². The molecule has 0 aromatic heterocycles. The maximum atomic E-state index is 5.45. The lowest BCUT2D eigenvalue weighted by Gasteiger charge is -2.01. The molecule has 0 N–H and O–H groups in total. The highest BCUT2D eigenvalue weighted by Gasteiger charge is 1.91. The van der Waals surface area contributed by atoms with Gasteiger partial charge >= 0.3 is 0 Å². The monoisotopic (exact) mass is 182 g/mol. The molecular formula is C10H18N2O. The molecule has 1 rings (SSSR count). The molecule has 74 valence electrons. The summed E-state index contributed by atoms with van der Waals surface area (Å²) >= 11 is 0. The van der Waals surface area contributed by atoms with Crippen LogP contribution in [-0.4, -0.2) is 32.3 Å². The third kappa shape index (κ3) is 6.50. The number of rotatable bonds is 0. The molecule has 3 nitrogen and oxygen atoms in total. The summed E-state index contributed by atoms with van der Waals surface area (Å²) < 4.78 is 5.45. The molecule has 0 aliphatic carbocycles. The maximum Gasteiger partial charge on any atom is 0.0892 e. The lowest BCUT2D eigenvalue weighted by molar-refractivity contribution is 0.127. The minimum absolute atomic E-state index is 0.840. The Bertz CT molecular complexity index is 158. The molecule has 0 amide bonds. The fraction of sp³-hybridized carbons (Fsp3) is 0.900. The van der Waals surface area contributed by atoms with Gasteiger partial charge in [0, 0.05) is 26.3 Å². The van der Waals surface area contributed by atoms with E-state index in [1.165, 1.54) is 6.42 Å². The molecule has 13 heavy (non-hydrogen) atoms. The topological polar surface area (TPSA) is 34.0 Å². The second kappa shape index (κ2) is 7.96. The predicted molar refractivity (Wildman–Crippen MR) is 53.5 cm³/mol. The quantitative estimate of drug-likeness (QED) is 0.565. The van der Waals surface area contributed by atoms with E-state index in [1.54, 1.807) is 0 Å². The number of ether oxygens (including phenoxy) is 1. The summed E-state index contributed by atoms with van der Waals surface area (Å²) in [5.74, 6) is 0. The van der Waals surface area contributed by atoms with Crippen molar-refractivity contribution in [2.45, 2.75) is 32.1 Å². The Balaban J connectivity index is 2.18. The number of aliphatic imine (C=N–C) groups is 2. The van der Waals surface area contributed by atoms with Crippen LogP contribution in [0.2, 0.25) is 0 Å². The maximum absolute atomic E-state index is 5.45.